The highest BCUT2D eigenvalue weighted by molar-refractivity contribution is 5.92. The van der Waals surface area contributed by atoms with E-state index in [1.54, 1.807) is 0 Å². The molecule has 2 rings (SSSR count). The number of alkyl halides is 3. The summed E-state index contributed by atoms with van der Waals surface area (Å²) < 4.78 is 43.5. The molecule has 0 fully saturated rings. The van der Waals surface area contributed by atoms with Gasteiger partial charge in [0.2, 0.25) is 5.91 Å². The fourth-order valence-corrected chi connectivity index (χ4v) is 1.67. The second-order valence-corrected chi connectivity index (χ2v) is 4.24. The lowest BCUT2D eigenvalue weighted by atomic mass is 10.1. The minimum absolute atomic E-state index is 0.0108. The molecule has 0 bridgehead atoms. The van der Waals surface area contributed by atoms with Gasteiger partial charge in [-0.05, 0) is 42.5 Å². The number of nitrogen functional groups attached to an aromatic ring is 1. The number of rotatable bonds is 3. The summed E-state index contributed by atoms with van der Waals surface area (Å²) in [6.45, 7) is 0. The Bertz CT molecular complexity index is 667. The van der Waals surface area contributed by atoms with Crippen LogP contribution < -0.4 is 16.2 Å². The molecule has 1 amide bonds. The van der Waals surface area contributed by atoms with Gasteiger partial charge in [0.05, 0.1) is 5.56 Å². The number of amides is 1. The van der Waals surface area contributed by atoms with E-state index >= 15 is 0 Å². The molecule has 0 saturated carbocycles. The molecule has 7 heteroatoms. The van der Waals surface area contributed by atoms with E-state index in [4.69, 9.17) is 16.2 Å². The molecule has 110 valence electrons. The first kappa shape index (κ1) is 14.7. The lowest BCUT2D eigenvalue weighted by molar-refractivity contribution is -0.137. The van der Waals surface area contributed by atoms with Crippen LogP contribution >= 0.6 is 0 Å². The van der Waals surface area contributed by atoms with Gasteiger partial charge < -0.3 is 16.2 Å². The van der Waals surface area contributed by atoms with Gasteiger partial charge in [0.15, 0.2) is 0 Å². The summed E-state index contributed by atoms with van der Waals surface area (Å²) in [5.74, 6) is -0.338. The zero-order chi connectivity index (χ0) is 15.6. The molecule has 2 aromatic rings. The highest BCUT2D eigenvalue weighted by Crippen LogP contribution is 2.36. The molecule has 0 radical (unpaired) electrons. The summed E-state index contributed by atoms with van der Waals surface area (Å²) in [6.07, 6.45) is -4.56. The number of halogens is 3. The van der Waals surface area contributed by atoms with E-state index in [9.17, 15) is 18.0 Å². The van der Waals surface area contributed by atoms with Crippen LogP contribution in [0.5, 0.6) is 11.5 Å². The van der Waals surface area contributed by atoms with Gasteiger partial charge in [-0.2, -0.15) is 13.2 Å². The van der Waals surface area contributed by atoms with Crippen LogP contribution in [-0.4, -0.2) is 5.91 Å². The third kappa shape index (κ3) is 3.44. The van der Waals surface area contributed by atoms with E-state index in [-0.39, 0.29) is 22.7 Å². The van der Waals surface area contributed by atoms with Gasteiger partial charge in [-0.15, -0.1) is 0 Å². The Morgan fingerprint density at radius 2 is 1.57 bits per heavy atom. The fourth-order valence-electron chi connectivity index (χ4n) is 1.67. The molecule has 0 saturated heterocycles. The van der Waals surface area contributed by atoms with Crippen molar-refractivity contribution in [1.82, 2.24) is 0 Å². The highest BCUT2D eigenvalue weighted by Gasteiger charge is 2.33. The quantitative estimate of drug-likeness (QED) is 0.854. The van der Waals surface area contributed by atoms with Crippen LogP contribution in [0.4, 0.5) is 18.9 Å². The summed E-state index contributed by atoms with van der Waals surface area (Å²) in [5.41, 5.74) is 9.31. The first-order valence-electron chi connectivity index (χ1n) is 5.82. The highest BCUT2D eigenvalue weighted by atomic mass is 19.4. The summed E-state index contributed by atoms with van der Waals surface area (Å²) in [5, 5.41) is 0. The van der Waals surface area contributed by atoms with Gasteiger partial charge in [0, 0.05) is 11.3 Å². The maximum absolute atomic E-state index is 12.7. The van der Waals surface area contributed by atoms with Crippen LogP contribution in [0.2, 0.25) is 0 Å². The van der Waals surface area contributed by atoms with Crippen LogP contribution in [0.1, 0.15) is 15.9 Å². The molecule has 4 nitrogen and oxygen atoms in total. The summed E-state index contributed by atoms with van der Waals surface area (Å²) >= 11 is 0. The zero-order valence-electron chi connectivity index (χ0n) is 10.6. The molecular weight excluding hydrogens is 285 g/mol. The van der Waals surface area contributed by atoms with E-state index < -0.39 is 17.6 Å². The van der Waals surface area contributed by atoms with Crippen molar-refractivity contribution in [2.24, 2.45) is 5.73 Å². The van der Waals surface area contributed by atoms with Gasteiger partial charge in [-0.1, -0.05) is 0 Å². The Labute approximate surface area is 118 Å². The van der Waals surface area contributed by atoms with Crippen molar-refractivity contribution in [3.8, 4) is 11.5 Å². The molecule has 0 aliphatic rings. The van der Waals surface area contributed by atoms with E-state index in [1.165, 1.54) is 30.3 Å². The number of carbonyl (C=O) groups is 1. The van der Waals surface area contributed by atoms with E-state index in [2.05, 4.69) is 0 Å². The van der Waals surface area contributed by atoms with Crippen molar-refractivity contribution in [1.29, 1.82) is 0 Å². The van der Waals surface area contributed by atoms with Gasteiger partial charge in [0.25, 0.3) is 0 Å². The summed E-state index contributed by atoms with van der Waals surface area (Å²) in [4.78, 5) is 10.9. The van der Waals surface area contributed by atoms with E-state index in [0.29, 0.717) is 0 Å². The third-order valence-corrected chi connectivity index (χ3v) is 2.70. The molecule has 0 aromatic heterocycles. The number of carbonyl (C=O) groups excluding carboxylic acids is 1. The van der Waals surface area contributed by atoms with Crippen molar-refractivity contribution in [2.45, 2.75) is 6.18 Å². The number of benzene rings is 2. The minimum Gasteiger partial charge on any atom is -0.457 e. The standard InChI is InChI=1S/C14H11F3N2O2/c15-14(16,17)11-7-10(5-6-12(11)18)21-9-3-1-8(2-4-9)13(19)20/h1-7H,18H2,(H2,19,20). The second-order valence-electron chi connectivity index (χ2n) is 4.24. The summed E-state index contributed by atoms with van der Waals surface area (Å²) in [6, 6.07) is 8.96. The van der Waals surface area contributed by atoms with Crippen molar-refractivity contribution in [2.75, 3.05) is 5.73 Å². The largest absolute Gasteiger partial charge is 0.457 e. The van der Waals surface area contributed by atoms with Crippen LogP contribution in [0, 0.1) is 0 Å². The van der Waals surface area contributed by atoms with Gasteiger partial charge >= 0.3 is 6.18 Å². The van der Waals surface area contributed by atoms with Gasteiger partial charge in [0.1, 0.15) is 11.5 Å². The molecular formula is C14H11F3N2O2. The number of hydrogen-bond acceptors (Lipinski definition) is 3. The predicted octanol–water partition coefficient (Wildman–Crippen LogP) is 3.18. The molecule has 2 aromatic carbocycles. The van der Waals surface area contributed by atoms with E-state index in [0.717, 1.165) is 12.1 Å². The molecule has 0 heterocycles. The SMILES string of the molecule is NC(=O)c1ccc(Oc2ccc(N)c(C(F)(F)F)c2)cc1. The van der Waals surface area contributed by atoms with Crippen LogP contribution in [0.3, 0.4) is 0 Å². The Morgan fingerprint density at radius 1 is 1.00 bits per heavy atom. The Balaban J connectivity index is 2.26. The van der Waals surface area contributed by atoms with Crippen molar-refractivity contribution >= 4 is 11.6 Å². The van der Waals surface area contributed by atoms with Crippen LogP contribution in [0.25, 0.3) is 0 Å². The van der Waals surface area contributed by atoms with Crippen LogP contribution in [0.15, 0.2) is 42.5 Å². The van der Waals surface area contributed by atoms with Crippen molar-refractivity contribution < 1.29 is 22.7 Å². The summed E-state index contributed by atoms with van der Waals surface area (Å²) in [7, 11) is 0. The molecule has 0 aliphatic heterocycles. The monoisotopic (exact) mass is 296 g/mol. The number of hydrogen-bond donors (Lipinski definition) is 2. The Kier molecular flexibility index (Phi) is 3.75. The van der Waals surface area contributed by atoms with E-state index in [1.807, 2.05) is 0 Å². The number of primary amides is 1. The second kappa shape index (κ2) is 5.35. The lowest BCUT2D eigenvalue weighted by Gasteiger charge is -2.12. The topological polar surface area (TPSA) is 78.3 Å². The normalized spacial score (nSPS) is 11.2. The first-order chi connectivity index (χ1) is 9.77. The smallest absolute Gasteiger partial charge is 0.418 e. The number of anilines is 1. The Hall–Kier alpha value is -2.70. The number of ether oxygens (including phenoxy) is 1. The maximum Gasteiger partial charge on any atom is 0.418 e. The van der Waals surface area contributed by atoms with Gasteiger partial charge in [-0.3, -0.25) is 4.79 Å². The average Bonchev–Trinajstić information content (AvgIpc) is 2.40. The van der Waals surface area contributed by atoms with Crippen molar-refractivity contribution in [3.05, 3.63) is 53.6 Å². The molecule has 21 heavy (non-hydrogen) atoms. The average molecular weight is 296 g/mol. The minimum atomic E-state index is -4.56. The predicted molar refractivity (Wildman–Crippen MR) is 70.9 cm³/mol. The molecule has 4 N–H and O–H groups in total. The molecule has 0 unspecified atom stereocenters. The molecule has 0 atom stereocenters. The van der Waals surface area contributed by atoms with Crippen molar-refractivity contribution in [3.63, 3.8) is 0 Å². The first-order valence-corrected chi connectivity index (χ1v) is 5.82. The maximum atomic E-state index is 12.7. The van der Waals surface area contributed by atoms with Crippen LogP contribution in [-0.2, 0) is 6.18 Å². The number of nitrogens with two attached hydrogens (primary N) is 2. The third-order valence-electron chi connectivity index (χ3n) is 2.70. The lowest BCUT2D eigenvalue weighted by Crippen LogP contribution is -2.10. The fraction of sp³-hybridized carbons (Fsp3) is 0.0714. The molecule has 0 spiro atoms. The molecule has 0 aliphatic carbocycles. The Morgan fingerprint density at radius 3 is 2.10 bits per heavy atom. The zero-order valence-corrected chi connectivity index (χ0v) is 10.6. The van der Waals surface area contributed by atoms with Gasteiger partial charge in [-0.25, -0.2) is 0 Å².